The van der Waals surface area contributed by atoms with Crippen molar-refractivity contribution in [3.8, 4) is 0 Å². The van der Waals surface area contributed by atoms with Gasteiger partial charge in [0, 0.05) is 17.7 Å². The lowest BCUT2D eigenvalue weighted by molar-refractivity contribution is 0.0526. The van der Waals surface area contributed by atoms with Crippen LogP contribution in [0.4, 0.5) is 5.69 Å². The second-order valence-corrected chi connectivity index (χ2v) is 9.82. The van der Waals surface area contributed by atoms with Crippen molar-refractivity contribution in [2.24, 2.45) is 26.1 Å². The molecule has 2 aliphatic rings. The molecule has 1 unspecified atom stereocenters. The normalized spacial score (nSPS) is 19.1. The Morgan fingerprint density at radius 1 is 1.00 bits per heavy atom. The second kappa shape index (κ2) is 9.06. The van der Waals surface area contributed by atoms with Crippen molar-refractivity contribution in [3.05, 3.63) is 101 Å². The lowest BCUT2D eigenvalue weighted by Gasteiger charge is -2.41. The predicted molar refractivity (Wildman–Crippen MR) is 134 cm³/mol. The maximum atomic E-state index is 12.2. The maximum absolute atomic E-state index is 12.2. The Hall–Kier alpha value is -3.87. The van der Waals surface area contributed by atoms with E-state index in [0.717, 1.165) is 34.4 Å². The highest BCUT2D eigenvalue weighted by Crippen LogP contribution is 2.46. The fourth-order valence-corrected chi connectivity index (χ4v) is 5.04. The van der Waals surface area contributed by atoms with Gasteiger partial charge in [-0.15, -0.1) is 10.2 Å². The van der Waals surface area contributed by atoms with Gasteiger partial charge in [-0.2, -0.15) is 0 Å². The van der Waals surface area contributed by atoms with E-state index in [1.54, 1.807) is 0 Å². The molecule has 0 aromatic heterocycles. The van der Waals surface area contributed by atoms with Gasteiger partial charge in [-0.05, 0) is 70.2 Å². The first-order chi connectivity index (χ1) is 16.9. The molecule has 1 N–H and O–H groups in total. The Morgan fingerprint density at radius 2 is 1.77 bits per heavy atom. The van der Waals surface area contributed by atoms with Crippen LogP contribution in [0.25, 0.3) is 0 Å². The van der Waals surface area contributed by atoms with Crippen LogP contribution in [-0.4, -0.2) is 12.6 Å². The molecule has 35 heavy (non-hydrogen) atoms. The van der Waals surface area contributed by atoms with E-state index >= 15 is 0 Å². The van der Waals surface area contributed by atoms with Gasteiger partial charge in [0.15, 0.2) is 0 Å². The van der Waals surface area contributed by atoms with Crippen LogP contribution in [0.3, 0.4) is 0 Å². The Balaban J connectivity index is 1.47. The van der Waals surface area contributed by atoms with E-state index in [-0.39, 0.29) is 17.4 Å². The highest BCUT2D eigenvalue weighted by Gasteiger charge is 2.39. The number of fused-ring (bicyclic) bond motifs is 1. The fourth-order valence-electron chi connectivity index (χ4n) is 5.04. The standard InChI is InChI=1S/C28H29N5O2/c1-4-35-26(34)21-13-14-24-22(15-21)18-27(2,3)25(29-24)20-11-8-12-23(16-20)28(30-32-33-31-28)17-19-9-6-5-7-10-19/h5-16,25,29H,4,17-18H2,1-3H3. The van der Waals surface area contributed by atoms with Crippen LogP contribution in [0.1, 0.15) is 59.4 Å². The molecule has 0 amide bonds. The molecular weight excluding hydrogens is 438 g/mol. The average Bonchev–Trinajstić information content (AvgIpc) is 3.33. The summed E-state index contributed by atoms with van der Waals surface area (Å²) in [6.45, 7) is 6.67. The van der Waals surface area contributed by atoms with E-state index in [1.165, 1.54) is 0 Å². The number of nitrogens with zero attached hydrogens (tertiary/aromatic N) is 4. The van der Waals surface area contributed by atoms with Gasteiger partial charge in [-0.25, -0.2) is 4.79 Å². The largest absolute Gasteiger partial charge is 0.462 e. The first-order valence-corrected chi connectivity index (χ1v) is 12.0. The molecule has 0 spiro atoms. The SMILES string of the molecule is CCOC(=O)c1ccc2c(c1)CC(C)(C)C(c1cccc(C3(Cc4ccccc4)N=NN=N3)c1)N2. The molecule has 0 aliphatic carbocycles. The summed E-state index contributed by atoms with van der Waals surface area (Å²) in [7, 11) is 0. The minimum absolute atomic E-state index is 0.0625. The molecule has 0 fully saturated rings. The minimum atomic E-state index is -0.859. The van der Waals surface area contributed by atoms with E-state index in [0.29, 0.717) is 18.6 Å². The summed E-state index contributed by atoms with van der Waals surface area (Å²) >= 11 is 0. The van der Waals surface area contributed by atoms with E-state index in [9.17, 15) is 4.79 Å². The quantitative estimate of drug-likeness (QED) is 0.403. The topological polar surface area (TPSA) is 87.8 Å². The number of carbonyl (C=O) groups excluding carboxylic acids is 1. The maximum Gasteiger partial charge on any atom is 0.338 e. The molecule has 0 saturated carbocycles. The van der Waals surface area contributed by atoms with Crippen molar-refractivity contribution in [2.45, 2.75) is 45.3 Å². The number of rotatable bonds is 6. The summed E-state index contributed by atoms with van der Waals surface area (Å²) < 4.78 is 5.18. The number of esters is 1. The summed E-state index contributed by atoms with van der Waals surface area (Å²) in [5.74, 6) is -0.286. The number of carbonyl (C=O) groups is 1. The third kappa shape index (κ3) is 4.46. The summed E-state index contributed by atoms with van der Waals surface area (Å²) in [5.41, 5.74) is 5.01. The number of benzene rings is 3. The highest BCUT2D eigenvalue weighted by molar-refractivity contribution is 5.90. The molecular formula is C28H29N5O2. The lowest BCUT2D eigenvalue weighted by Crippen LogP contribution is -2.35. The molecule has 7 nitrogen and oxygen atoms in total. The first kappa shape index (κ1) is 22.9. The zero-order valence-corrected chi connectivity index (χ0v) is 20.2. The van der Waals surface area contributed by atoms with Gasteiger partial charge in [-0.3, -0.25) is 0 Å². The molecule has 0 bridgehead atoms. The van der Waals surface area contributed by atoms with Crippen LogP contribution in [-0.2, 0) is 23.2 Å². The summed E-state index contributed by atoms with van der Waals surface area (Å²) in [6, 6.07) is 24.4. The first-order valence-electron chi connectivity index (χ1n) is 12.0. The number of anilines is 1. The Labute approximate surface area is 205 Å². The van der Waals surface area contributed by atoms with Gasteiger partial charge in [0.05, 0.1) is 18.2 Å². The average molecular weight is 468 g/mol. The van der Waals surface area contributed by atoms with Gasteiger partial charge in [0.25, 0.3) is 0 Å². The predicted octanol–water partition coefficient (Wildman–Crippen LogP) is 6.83. The summed E-state index contributed by atoms with van der Waals surface area (Å²) in [5, 5.41) is 20.4. The van der Waals surface area contributed by atoms with Gasteiger partial charge >= 0.3 is 5.97 Å². The van der Waals surface area contributed by atoms with Crippen LogP contribution in [0.2, 0.25) is 0 Å². The lowest BCUT2D eigenvalue weighted by atomic mass is 9.72. The summed E-state index contributed by atoms with van der Waals surface area (Å²) in [4.78, 5) is 12.2. The minimum Gasteiger partial charge on any atom is -0.462 e. The number of ether oxygens (including phenoxy) is 1. The molecule has 2 aliphatic heterocycles. The van der Waals surface area contributed by atoms with Crippen LogP contribution in [0, 0.1) is 5.41 Å². The highest BCUT2D eigenvalue weighted by atomic mass is 16.5. The molecule has 7 heteroatoms. The third-order valence-corrected chi connectivity index (χ3v) is 6.78. The van der Waals surface area contributed by atoms with Gasteiger partial charge in [0.2, 0.25) is 5.66 Å². The van der Waals surface area contributed by atoms with Crippen molar-refractivity contribution in [1.82, 2.24) is 0 Å². The van der Waals surface area contributed by atoms with Gasteiger partial charge < -0.3 is 10.1 Å². The van der Waals surface area contributed by atoms with Crippen molar-refractivity contribution < 1.29 is 9.53 Å². The van der Waals surface area contributed by atoms with E-state index in [4.69, 9.17) is 4.74 Å². The zero-order chi connectivity index (χ0) is 24.5. The molecule has 5 rings (SSSR count). The fraction of sp³-hybridized carbons (Fsp3) is 0.321. The molecule has 3 aromatic carbocycles. The monoisotopic (exact) mass is 467 g/mol. The molecule has 1 atom stereocenters. The van der Waals surface area contributed by atoms with E-state index in [1.807, 2.05) is 49.4 Å². The van der Waals surface area contributed by atoms with E-state index < -0.39 is 5.66 Å². The van der Waals surface area contributed by atoms with Crippen molar-refractivity contribution in [2.75, 3.05) is 11.9 Å². The van der Waals surface area contributed by atoms with Gasteiger partial charge in [0.1, 0.15) is 0 Å². The van der Waals surface area contributed by atoms with Crippen molar-refractivity contribution >= 4 is 11.7 Å². The molecule has 178 valence electrons. The summed E-state index contributed by atoms with van der Waals surface area (Å²) in [6.07, 6.45) is 1.41. The van der Waals surface area contributed by atoms with Crippen LogP contribution in [0.5, 0.6) is 0 Å². The zero-order valence-electron chi connectivity index (χ0n) is 20.2. The molecule has 0 radical (unpaired) electrons. The van der Waals surface area contributed by atoms with Crippen molar-refractivity contribution in [1.29, 1.82) is 0 Å². The van der Waals surface area contributed by atoms with Crippen LogP contribution >= 0.6 is 0 Å². The Bertz CT molecular complexity index is 1290. The van der Waals surface area contributed by atoms with Gasteiger partial charge in [-0.1, -0.05) is 62.4 Å². The van der Waals surface area contributed by atoms with Crippen LogP contribution in [0.15, 0.2) is 93.5 Å². The van der Waals surface area contributed by atoms with Crippen molar-refractivity contribution in [3.63, 3.8) is 0 Å². The third-order valence-electron chi connectivity index (χ3n) is 6.78. The molecule has 0 saturated heterocycles. The number of nitrogens with one attached hydrogen (secondary N) is 1. The Morgan fingerprint density at radius 3 is 2.51 bits per heavy atom. The number of hydrogen-bond acceptors (Lipinski definition) is 7. The Kier molecular flexibility index (Phi) is 5.93. The van der Waals surface area contributed by atoms with Crippen LogP contribution < -0.4 is 5.32 Å². The second-order valence-electron chi connectivity index (χ2n) is 9.82. The molecule has 2 heterocycles. The van der Waals surface area contributed by atoms with E-state index in [2.05, 4.69) is 70.2 Å². The molecule has 3 aromatic rings. The number of hydrogen-bond donors (Lipinski definition) is 1. The smallest absolute Gasteiger partial charge is 0.338 e.